The largest absolute Gasteiger partial charge is 0.276 e. The van der Waals surface area contributed by atoms with Crippen molar-refractivity contribution in [2.24, 2.45) is 0 Å². The van der Waals surface area contributed by atoms with Crippen LogP contribution in [-0.2, 0) is 0 Å². The summed E-state index contributed by atoms with van der Waals surface area (Å²) in [6.45, 7) is 0. The molecule has 0 aliphatic carbocycles. The van der Waals surface area contributed by atoms with Crippen LogP contribution in [0, 0.1) is 0 Å². The maximum atomic E-state index is 5.40. The molecule has 6 nitrogen and oxygen atoms in total. The van der Waals surface area contributed by atoms with E-state index in [-0.39, 0.29) is 0 Å². The molecule has 14 aromatic rings. The normalized spacial score (nSPS) is 12.2. The minimum absolute atomic E-state index is 0.877. The summed E-state index contributed by atoms with van der Waals surface area (Å²) >= 11 is 0. The third-order valence-electron chi connectivity index (χ3n) is 12.8. The second-order valence-electron chi connectivity index (χ2n) is 16.3. The maximum absolute atomic E-state index is 5.40. The van der Waals surface area contributed by atoms with Crippen LogP contribution in [0.5, 0.6) is 0 Å². The van der Waals surface area contributed by atoms with E-state index >= 15 is 0 Å². The van der Waals surface area contributed by atoms with Crippen molar-refractivity contribution in [3.63, 3.8) is 0 Å². The van der Waals surface area contributed by atoms with Gasteiger partial charge in [-0.1, -0.05) is 133 Å². The fourth-order valence-electron chi connectivity index (χ4n) is 9.88. The zero-order chi connectivity index (χ0) is 40.5. The van der Waals surface area contributed by atoms with E-state index in [1.165, 1.54) is 38.1 Å². The Morgan fingerprint density at radius 3 is 1.31 bits per heavy atom. The van der Waals surface area contributed by atoms with Crippen molar-refractivity contribution in [1.29, 1.82) is 0 Å². The molecule has 0 atom stereocenters. The lowest BCUT2D eigenvalue weighted by molar-refractivity contribution is 1.16. The molecule has 6 heteroatoms. The number of hydrogen-bond acceptors (Lipinski definition) is 4. The van der Waals surface area contributed by atoms with E-state index in [1.54, 1.807) is 0 Å². The predicted octanol–water partition coefficient (Wildman–Crippen LogP) is 14.0. The molecule has 0 aliphatic heterocycles. The molecule has 0 fully saturated rings. The number of hydrogen-bond donors (Lipinski definition) is 0. The first-order chi connectivity index (χ1) is 30.7. The molecule has 14 rings (SSSR count). The molecule has 0 unspecified atom stereocenters. The van der Waals surface area contributed by atoms with Crippen molar-refractivity contribution >= 4 is 98.3 Å². The lowest BCUT2D eigenvalue weighted by Crippen LogP contribution is -1.98. The molecule has 4 heterocycles. The standard InChI is InChI=1S/C56H32N6/c1-3-13-43-41(11-1)42-12-2-4-14-44(42)52-51(43)60-56-46-16-6-8-18-48(46)58-54(62(52)56)40-28-26-36-30-34(22-24-38(36)32-40)33-21-23-37-31-39(27-25-35(37)29-33)53-57-47-17-7-5-15-45(47)55-59-49-19-9-10-20-50(49)61(53)55/h1-32H. The highest BCUT2D eigenvalue weighted by Crippen LogP contribution is 2.40. The van der Waals surface area contributed by atoms with Crippen LogP contribution in [0.1, 0.15) is 0 Å². The van der Waals surface area contributed by atoms with Gasteiger partial charge in [-0.3, -0.25) is 8.80 Å². The van der Waals surface area contributed by atoms with E-state index in [0.717, 1.165) is 94.1 Å². The van der Waals surface area contributed by atoms with Crippen molar-refractivity contribution in [2.45, 2.75) is 0 Å². The van der Waals surface area contributed by atoms with Gasteiger partial charge >= 0.3 is 0 Å². The average Bonchev–Trinajstić information content (AvgIpc) is 3.94. The second kappa shape index (κ2) is 12.5. The quantitative estimate of drug-likeness (QED) is 0.167. The molecule has 0 N–H and O–H groups in total. The molecule has 286 valence electrons. The van der Waals surface area contributed by atoms with Crippen LogP contribution >= 0.6 is 0 Å². The Hall–Kier alpha value is -8.48. The smallest absolute Gasteiger partial charge is 0.149 e. The van der Waals surface area contributed by atoms with Crippen LogP contribution in [0.2, 0.25) is 0 Å². The Bertz CT molecular complexity index is 4230. The van der Waals surface area contributed by atoms with Crippen LogP contribution < -0.4 is 0 Å². The molecule has 0 spiro atoms. The number of para-hydroxylation sites is 4. The van der Waals surface area contributed by atoms with Gasteiger partial charge in [-0.2, -0.15) is 0 Å². The Morgan fingerprint density at radius 2 is 0.710 bits per heavy atom. The van der Waals surface area contributed by atoms with Crippen molar-refractivity contribution in [2.75, 3.05) is 0 Å². The van der Waals surface area contributed by atoms with Gasteiger partial charge in [0.15, 0.2) is 0 Å². The number of fused-ring (bicyclic) bond motifs is 17. The van der Waals surface area contributed by atoms with Crippen molar-refractivity contribution in [3.05, 3.63) is 194 Å². The molecule has 10 aromatic carbocycles. The van der Waals surface area contributed by atoms with Gasteiger partial charge in [0.05, 0.1) is 33.1 Å². The molecular weight excluding hydrogens is 757 g/mol. The van der Waals surface area contributed by atoms with Crippen molar-refractivity contribution in [3.8, 4) is 33.9 Å². The molecule has 0 saturated heterocycles. The summed E-state index contributed by atoms with van der Waals surface area (Å²) in [5.74, 6) is 1.76. The van der Waals surface area contributed by atoms with E-state index in [9.17, 15) is 0 Å². The van der Waals surface area contributed by atoms with Crippen LogP contribution in [0.25, 0.3) is 132 Å². The van der Waals surface area contributed by atoms with Gasteiger partial charge in [0.25, 0.3) is 0 Å². The molecule has 0 saturated carbocycles. The first-order valence-corrected chi connectivity index (χ1v) is 21.0. The van der Waals surface area contributed by atoms with Gasteiger partial charge in [-0.15, -0.1) is 0 Å². The van der Waals surface area contributed by atoms with E-state index in [0.29, 0.717) is 0 Å². The average molecular weight is 789 g/mol. The zero-order valence-corrected chi connectivity index (χ0v) is 33.2. The number of nitrogens with zero attached hydrogens (tertiary/aromatic N) is 6. The van der Waals surface area contributed by atoms with Crippen LogP contribution in [0.3, 0.4) is 0 Å². The Morgan fingerprint density at radius 1 is 0.290 bits per heavy atom. The van der Waals surface area contributed by atoms with Crippen LogP contribution in [0.4, 0.5) is 0 Å². The highest BCUT2D eigenvalue weighted by atomic mass is 15.1. The summed E-state index contributed by atoms with van der Waals surface area (Å²) < 4.78 is 4.49. The maximum Gasteiger partial charge on any atom is 0.149 e. The van der Waals surface area contributed by atoms with Gasteiger partial charge in [-0.25, -0.2) is 19.9 Å². The minimum atomic E-state index is 0.877. The number of imidazole rings is 2. The number of benzene rings is 10. The third-order valence-corrected chi connectivity index (χ3v) is 12.8. The van der Waals surface area contributed by atoms with Gasteiger partial charge in [0.1, 0.15) is 22.9 Å². The second-order valence-corrected chi connectivity index (χ2v) is 16.3. The van der Waals surface area contributed by atoms with Gasteiger partial charge in [0.2, 0.25) is 0 Å². The molecule has 4 aromatic heterocycles. The Balaban J connectivity index is 0.884. The summed E-state index contributed by atoms with van der Waals surface area (Å²) in [4.78, 5) is 21.0. The van der Waals surface area contributed by atoms with Gasteiger partial charge in [0, 0.05) is 32.7 Å². The van der Waals surface area contributed by atoms with E-state index < -0.39 is 0 Å². The monoisotopic (exact) mass is 788 g/mol. The van der Waals surface area contributed by atoms with Gasteiger partial charge < -0.3 is 0 Å². The van der Waals surface area contributed by atoms with Gasteiger partial charge in [-0.05, 0) is 104 Å². The predicted molar refractivity (Wildman–Crippen MR) is 256 cm³/mol. The molecule has 62 heavy (non-hydrogen) atoms. The summed E-state index contributed by atoms with van der Waals surface area (Å²) in [5.41, 5.74) is 12.2. The van der Waals surface area contributed by atoms with Crippen molar-refractivity contribution < 1.29 is 0 Å². The molecule has 0 aliphatic rings. The first kappa shape index (κ1) is 33.4. The summed E-state index contributed by atoms with van der Waals surface area (Å²) in [6.07, 6.45) is 0. The van der Waals surface area contributed by atoms with Crippen molar-refractivity contribution in [1.82, 2.24) is 28.7 Å². The lowest BCUT2D eigenvalue weighted by Gasteiger charge is -2.12. The van der Waals surface area contributed by atoms with E-state index in [2.05, 4.69) is 191 Å². The highest BCUT2D eigenvalue weighted by Gasteiger charge is 2.21. The summed E-state index contributed by atoms with van der Waals surface area (Å²) in [7, 11) is 0. The number of rotatable bonds is 3. The Kier molecular flexibility index (Phi) is 6.74. The number of aromatic nitrogens is 6. The zero-order valence-electron chi connectivity index (χ0n) is 33.2. The fourth-order valence-corrected chi connectivity index (χ4v) is 9.88. The van der Waals surface area contributed by atoms with Crippen LogP contribution in [0.15, 0.2) is 194 Å². The topological polar surface area (TPSA) is 60.4 Å². The fraction of sp³-hybridized carbons (Fsp3) is 0. The molecule has 0 radical (unpaired) electrons. The molecular formula is C56H32N6. The Labute approximate surface area is 353 Å². The lowest BCUT2D eigenvalue weighted by atomic mass is 9.97. The summed E-state index contributed by atoms with van der Waals surface area (Å²) in [6, 6.07) is 69.1. The van der Waals surface area contributed by atoms with Crippen LogP contribution in [-0.4, -0.2) is 28.7 Å². The third kappa shape index (κ3) is 4.74. The van der Waals surface area contributed by atoms with E-state index in [1.807, 2.05) is 12.1 Å². The first-order valence-electron chi connectivity index (χ1n) is 21.0. The van der Waals surface area contributed by atoms with E-state index in [4.69, 9.17) is 19.9 Å². The molecule has 0 amide bonds. The highest BCUT2D eigenvalue weighted by molar-refractivity contribution is 6.25. The SMILES string of the molecule is c1ccc2c(c1)nc(-c1ccc3cc(-c4ccc5cc(-c6nc7ccccc7c7nc8c9ccccc9c9ccccc9c8n67)ccc5c4)ccc3c1)n1c3ccccc3nc21. The summed E-state index contributed by atoms with van der Waals surface area (Å²) in [5, 5.41) is 11.5. The molecule has 0 bridgehead atoms. The minimum Gasteiger partial charge on any atom is -0.276 e.